The zero-order valence-corrected chi connectivity index (χ0v) is 22.8. The van der Waals surface area contributed by atoms with E-state index >= 15 is 0 Å². The van der Waals surface area contributed by atoms with Crippen LogP contribution in [0.1, 0.15) is 57.6 Å². The third kappa shape index (κ3) is 6.59. The van der Waals surface area contributed by atoms with Crippen LogP contribution in [0.15, 0.2) is 55.1 Å². The predicted octanol–water partition coefficient (Wildman–Crippen LogP) is 5.93. The molecule has 0 spiro atoms. The molecule has 2 aromatic carbocycles. The Kier molecular flexibility index (Phi) is 8.00. The van der Waals surface area contributed by atoms with Crippen LogP contribution in [0.4, 0.5) is 16.6 Å². The minimum absolute atomic E-state index is 0.133. The van der Waals surface area contributed by atoms with Crippen molar-refractivity contribution >= 4 is 34.3 Å². The van der Waals surface area contributed by atoms with Gasteiger partial charge in [0.2, 0.25) is 5.95 Å². The van der Waals surface area contributed by atoms with Crippen LogP contribution in [-0.2, 0) is 5.54 Å². The van der Waals surface area contributed by atoms with Crippen molar-refractivity contribution in [1.82, 2.24) is 20.6 Å². The third-order valence-corrected chi connectivity index (χ3v) is 7.24. The van der Waals surface area contributed by atoms with Gasteiger partial charge in [-0.1, -0.05) is 42.5 Å². The first-order valence-corrected chi connectivity index (χ1v) is 13.2. The summed E-state index contributed by atoms with van der Waals surface area (Å²) in [7, 11) is 4.01. The molecule has 0 bridgehead atoms. The maximum absolute atomic E-state index is 12.7. The number of nitrogens with zero attached hydrogens (tertiary/aromatic N) is 3. The topological polar surface area (TPSA) is 82.2 Å². The zero-order valence-electron chi connectivity index (χ0n) is 22.8. The standard InChI is InChI=1S/C30H40N6O/c1-20(2)22-10-9-11-23(18-22)30(3,4)35-29(37)31-19-21-14-16-24(17-15-21)32-28-33-26-13-8-7-12-25(26)27(34-28)36(5)6/h7-13,18,21,24H,1,14-17,19H2,2-6H3,(H2,31,35,37)(H,32,33,34). The summed E-state index contributed by atoms with van der Waals surface area (Å²) in [6.45, 7) is 10.8. The number of rotatable bonds is 8. The summed E-state index contributed by atoms with van der Waals surface area (Å²) in [6, 6.07) is 16.5. The molecule has 37 heavy (non-hydrogen) atoms. The lowest BCUT2D eigenvalue weighted by molar-refractivity contribution is 0.225. The summed E-state index contributed by atoms with van der Waals surface area (Å²) in [5.74, 6) is 2.07. The number of allylic oxidation sites excluding steroid dienone is 1. The molecule has 7 heteroatoms. The van der Waals surface area contributed by atoms with E-state index < -0.39 is 5.54 Å². The van der Waals surface area contributed by atoms with E-state index in [0.717, 1.165) is 59.1 Å². The first kappa shape index (κ1) is 26.5. The van der Waals surface area contributed by atoms with E-state index in [2.05, 4.69) is 34.7 Å². The first-order valence-electron chi connectivity index (χ1n) is 13.2. The summed E-state index contributed by atoms with van der Waals surface area (Å²) < 4.78 is 0. The second kappa shape index (κ2) is 11.2. The molecule has 4 rings (SSSR count). The number of aromatic nitrogens is 2. The second-order valence-electron chi connectivity index (χ2n) is 11.0. The van der Waals surface area contributed by atoms with Gasteiger partial charge in [0.15, 0.2) is 0 Å². The Balaban J connectivity index is 1.27. The molecule has 196 valence electrons. The Bertz CT molecular complexity index is 1260. The van der Waals surface area contributed by atoms with Crippen molar-refractivity contribution in [2.75, 3.05) is 30.9 Å². The molecular weight excluding hydrogens is 460 g/mol. The van der Waals surface area contributed by atoms with Crippen LogP contribution in [0.5, 0.6) is 0 Å². The maximum Gasteiger partial charge on any atom is 0.315 e. The zero-order chi connectivity index (χ0) is 26.6. The number of carbonyl (C=O) groups is 1. The van der Waals surface area contributed by atoms with E-state index in [1.165, 1.54) is 0 Å². The Labute approximate surface area is 220 Å². The molecule has 1 fully saturated rings. The predicted molar refractivity (Wildman–Crippen MR) is 154 cm³/mol. The lowest BCUT2D eigenvalue weighted by atomic mass is 9.86. The van der Waals surface area contributed by atoms with E-state index in [0.29, 0.717) is 24.5 Å². The Morgan fingerprint density at radius 1 is 1.05 bits per heavy atom. The van der Waals surface area contributed by atoms with Crippen molar-refractivity contribution in [3.8, 4) is 0 Å². The molecule has 1 heterocycles. The SMILES string of the molecule is C=C(C)c1cccc(C(C)(C)NC(=O)NCC2CCC(Nc3nc(N(C)C)c4ccccc4n3)CC2)c1. The molecule has 1 saturated carbocycles. The monoisotopic (exact) mass is 500 g/mol. The summed E-state index contributed by atoms with van der Waals surface area (Å²) in [5, 5.41) is 10.9. The van der Waals surface area contributed by atoms with E-state index in [4.69, 9.17) is 9.97 Å². The molecule has 3 aromatic rings. The van der Waals surface area contributed by atoms with Gasteiger partial charge in [-0.05, 0) is 81.7 Å². The van der Waals surface area contributed by atoms with Gasteiger partial charge in [-0.2, -0.15) is 4.98 Å². The fraction of sp³-hybridized carbons (Fsp3) is 0.433. The average Bonchev–Trinajstić information content (AvgIpc) is 2.87. The van der Waals surface area contributed by atoms with Crippen molar-refractivity contribution in [2.24, 2.45) is 5.92 Å². The molecule has 3 N–H and O–H groups in total. The van der Waals surface area contributed by atoms with Crippen LogP contribution in [-0.4, -0.2) is 42.7 Å². The second-order valence-corrected chi connectivity index (χ2v) is 11.0. The normalized spacial score (nSPS) is 17.8. The first-order chi connectivity index (χ1) is 17.6. The van der Waals surface area contributed by atoms with Crippen molar-refractivity contribution in [1.29, 1.82) is 0 Å². The Hall–Kier alpha value is -3.61. The number of benzene rings is 2. The largest absolute Gasteiger partial charge is 0.362 e. The molecular formula is C30H40N6O. The van der Waals surface area contributed by atoms with Crippen LogP contribution in [0.25, 0.3) is 16.5 Å². The quantitative estimate of drug-likeness (QED) is 0.357. The minimum Gasteiger partial charge on any atom is -0.362 e. The minimum atomic E-state index is -0.484. The highest BCUT2D eigenvalue weighted by molar-refractivity contribution is 5.90. The lowest BCUT2D eigenvalue weighted by Crippen LogP contribution is -2.47. The summed E-state index contributed by atoms with van der Waals surface area (Å²) >= 11 is 0. The Morgan fingerprint density at radius 2 is 1.78 bits per heavy atom. The molecule has 0 unspecified atom stereocenters. The Morgan fingerprint density at radius 3 is 2.49 bits per heavy atom. The van der Waals surface area contributed by atoms with Crippen LogP contribution in [0.2, 0.25) is 0 Å². The van der Waals surface area contributed by atoms with Gasteiger partial charge in [-0.3, -0.25) is 0 Å². The van der Waals surface area contributed by atoms with Gasteiger partial charge in [0.1, 0.15) is 5.82 Å². The lowest BCUT2D eigenvalue weighted by Gasteiger charge is -2.31. The molecule has 0 saturated heterocycles. The van der Waals surface area contributed by atoms with E-state index in [1.54, 1.807) is 0 Å². The van der Waals surface area contributed by atoms with Gasteiger partial charge >= 0.3 is 6.03 Å². The molecule has 1 aliphatic rings. The smallest absolute Gasteiger partial charge is 0.315 e. The number of anilines is 2. The molecule has 0 atom stereocenters. The highest BCUT2D eigenvalue weighted by Crippen LogP contribution is 2.28. The number of fused-ring (bicyclic) bond motifs is 1. The highest BCUT2D eigenvalue weighted by Gasteiger charge is 2.25. The van der Waals surface area contributed by atoms with E-state index in [-0.39, 0.29) is 6.03 Å². The van der Waals surface area contributed by atoms with Gasteiger partial charge in [-0.25, -0.2) is 9.78 Å². The van der Waals surface area contributed by atoms with Crippen LogP contribution >= 0.6 is 0 Å². The highest BCUT2D eigenvalue weighted by atomic mass is 16.2. The van der Waals surface area contributed by atoms with Gasteiger partial charge < -0.3 is 20.9 Å². The average molecular weight is 501 g/mol. The van der Waals surface area contributed by atoms with Crippen molar-refractivity contribution in [3.05, 3.63) is 66.2 Å². The molecule has 0 radical (unpaired) electrons. The molecule has 1 aliphatic carbocycles. The van der Waals surface area contributed by atoms with Gasteiger partial charge in [-0.15, -0.1) is 0 Å². The van der Waals surface area contributed by atoms with Crippen molar-refractivity contribution in [2.45, 2.75) is 58.0 Å². The fourth-order valence-corrected chi connectivity index (χ4v) is 4.97. The molecule has 7 nitrogen and oxygen atoms in total. The van der Waals surface area contributed by atoms with Crippen LogP contribution < -0.4 is 20.9 Å². The summed E-state index contributed by atoms with van der Waals surface area (Å²) in [5.41, 5.74) is 3.62. The van der Waals surface area contributed by atoms with Gasteiger partial charge in [0, 0.05) is 32.1 Å². The summed E-state index contributed by atoms with van der Waals surface area (Å²) in [4.78, 5) is 24.3. The number of carbonyl (C=O) groups excluding carboxylic acids is 1. The fourth-order valence-electron chi connectivity index (χ4n) is 4.97. The number of amides is 2. The van der Waals surface area contributed by atoms with Crippen molar-refractivity contribution < 1.29 is 4.79 Å². The van der Waals surface area contributed by atoms with Crippen LogP contribution in [0, 0.1) is 5.92 Å². The summed E-state index contributed by atoms with van der Waals surface area (Å²) in [6.07, 6.45) is 4.16. The van der Waals surface area contributed by atoms with Gasteiger partial charge in [0.05, 0.1) is 11.1 Å². The molecule has 2 amide bonds. The molecule has 0 aliphatic heterocycles. The van der Waals surface area contributed by atoms with E-state index in [1.807, 2.05) is 76.2 Å². The van der Waals surface area contributed by atoms with Gasteiger partial charge in [0.25, 0.3) is 0 Å². The number of urea groups is 1. The molecule has 1 aromatic heterocycles. The van der Waals surface area contributed by atoms with E-state index in [9.17, 15) is 4.79 Å². The number of hydrogen-bond donors (Lipinski definition) is 3. The maximum atomic E-state index is 12.7. The number of para-hydroxylation sites is 1. The number of nitrogens with one attached hydrogen (secondary N) is 3. The third-order valence-electron chi connectivity index (χ3n) is 7.24. The van der Waals surface area contributed by atoms with Crippen LogP contribution in [0.3, 0.4) is 0 Å². The number of hydrogen-bond acceptors (Lipinski definition) is 5. The van der Waals surface area contributed by atoms with Crippen molar-refractivity contribution in [3.63, 3.8) is 0 Å².